The van der Waals surface area contributed by atoms with E-state index in [2.05, 4.69) is 41.3 Å². The Balaban J connectivity index is 1.67. The molecule has 110 valence electrons. The lowest BCUT2D eigenvalue weighted by molar-refractivity contribution is 0.105. The van der Waals surface area contributed by atoms with E-state index in [0.717, 1.165) is 17.6 Å². The van der Waals surface area contributed by atoms with Crippen LogP contribution in [-0.2, 0) is 0 Å². The zero-order valence-corrected chi connectivity index (χ0v) is 12.7. The van der Waals surface area contributed by atoms with Crippen LogP contribution < -0.4 is 4.74 Å². The molecule has 2 aliphatic rings. The predicted molar refractivity (Wildman–Crippen MR) is 87.0 cm³/mol. The highest BCUT2D eigenvalue weighted by atomic mass is 16.5. The summed E-state index contributed by atoms with van der Waals surface area (Å²) in [6.07, 6.45) is 4.11. The van der Waals surface area contributed by atoms with Gasteiger partial charge in [-0.05, 0) is 72.7 Å². The van der Waals surface area contributed by atoms with E-state index in [-0.39, 0.29) is 0 Å². The number of nitrogens with zero attached hydrogens (tertiary/aromatic N) is 1. The number of piperidine rings is 2. The van der Waals surface area contributed by atoms with E-state index < -0.39 is 0 Å². The van der Waals surface area contributed by atoms with Crippen LogP contribution in [0.1, 0.15) is 30.7 Å². The number of hydrogen-bond acceptors (Lipinski definition) is 2. The van der Waals surface area contributed by atoms with Crippen molar-refractivity contribution in [1.29, 1.82) is 0 Å². The first-order valence-corrected chi connectivity index (χ1v) is 8.13. The van der Waals surface area contributed by atoms with Gasteiger partial charge in [0.05, 0.1) is 7.11 Å². The third-order valence-corrected chi connectivity index (χ3v) is 5.37. The molecule has 2 aromatic rings. The summed E-state index contributed by atoms with van der Waals surface area (Å²) in [6, 6.07) is 13.4. The topological polar surface area (TPSA) is 12.5 Å². The Morgan fingerprint density at radius 1 is 1.00 bits per heavy atom. The molecule has 2 heteroatoms. The van der Waals surface area contributed by atoms with E-state index in [9.17, 15) is 0 Å². The first kappa shape index (κ1) is 13.1. The van der Waals surface area contributed by atoms with E-state index in [1.54, 1.807) is 12.7 Å². The molecular formula is C19H23NO. The molecule has 2 aliphatic heterocycles. The minimum absolute atomic E-state index is 0.757. The summed E-state index contributed by atoms with van der Waals surface area (Å²) >= 11 is 0. The Bertz CT molecular complexity index is 651. The van der Waals surface area contributed by atoms with E-state index in [4.69, 9.17) is 4.74 Å². The highest BCUT2D eigenvalue weighted by Crippen LogP contribution is 2.39. The Labute approximate surface area is 126 Å². The minimum Gasteiger partial charge on any atom is -0.497 e. The molecule has 2 saturated heterocycles. The Hall–Kier alpha value is -1.54. The fourth-order valence-electron chi connectivity index (χ4n) is 4.22. The van der Waals surface area contributed by atoms with Crippen LogP contribution >= 0.6 is 0 Å². The third kappa shape index (κ3) is 2.42. The number of ether oxygens (including phenoxy) is 1. The molecule has 0 aliphatic carbocycles. The molecule has 2 fully saturated rings. The lowest BCUT2D eigenvalue weighted by atomic mass is 9.76. The third-order valence-electron chi connectivity index (χ3n) is 5.37. The Kier molecular flexibility index (Phi) is 3.34. The molecule has 2 heterocycles. The molecule has 4 rings (SSSR count). The molecule has 2 bridgehead atoms. The molecule has 3 atom stereocenters. The molecule has 2 nitrogen and oxygen atoms in total. The maximum absolute atomic E-state index is 5.32. The summed E-state index contributed by atoms with van der Waals surface area (Å²) in [5.74, 6) is 2.56. The summed E-state index contributed by atoms with van der Waals surface area (Å²) < 4.78 is 5.32. The first-order valence-electron chi connectivity index (χ1n) is 8.13. The van der Waals surface area contributed by atoms with Crippen molar-refractivity contribution in [2.24, 2.45) is 5.92 Å². The van der Waals surface area contributed by atoms with Gasteiger partial charge in [-0.2, -0.15) is 0 Å². The van der Waals surface area contributed by atoms with Crippen molar-refractivity contribution in [3.05, 3.63) is 42.0 Å². The van der Waals surface area contributed by atoms with Crippen molar-refractivity contribution in [2.45, 2.75) is 25.2 Å². The van der Waals surface area contributed by atoms with Crippen LogP contribution in [0.25, 0.3) is 10.8 Å². The summed E-state index contributed by atoms with van der Waals surface area (Å²) in [6.45, 7) is 3.91. The van der Waals surface area contributed by atoms with Crippen LogP contribution in [0.4, 0.5) is 0 Å². The zero-order valence-electron chi connectivity index (χ0n) is 12.7. The fourth-order valence-corrected chi connectivity index (χ4v) is 4.22. The highest BCUT2D eigenvalue weighted by Gasteiger charge is 2.32. The summed E-state index contributed by atoms with van der Waals surface area (Å²) in [7, 11) is 1.73. The van der Waals surface area contributed by atoms with Crippen molar-refractivity contribution < 1.29 is 4.74 Å². The maximum Gasteiger partial charge on any atom is 0.119 e. The first-order chi connectivity index (χ1) is 10.3. The van der Waals surface area contributed by atoms with Gasteiger partial charge in [-0.1, -0.05) is 24.3 Å². The van der Waals surface area contributed by atoms with Gasteiger partial charge in [0.15, 0.2) is 0 Å². The molecule has 0 radical (unpaired) electrons. The standard InChI is InChI=1S/C19H23NO/c1-21-18-7-6-14-11-16(5-4-15(14)12-18)19-8-10-20-9-2-3-17(19)13-20/h4-7,11-12,17,19H,2-3,8-10,13H2,1H3. The average Bonchev–Trinajstić information content (AvgIpc) is 2.54. The Morgan fingerprint density at radius 2 is 1.86 bits per heavy atom. The van der Waals surface area contributed by atoms with Gasteiger partial charge in [0.1, 0.15) is 5.75 Å². The number of methoxy groups -OCH3 is 1. The number of rotatable bonds is 2. The van der Waals surface area contributed by atoms with Crippen LogP contribution in [0.3, 0.4) is 0 Å². The van der Waals surface area contributed by atoms with Gasteiger partial charge in [-0.3, -0.25) is 0 Å². The van der Waals surface area contributed by atoms with Gasteiger partial charge >= 0.3 is 0 Å². The monoisotopic (exact) mass is 281 g/mol. The molecule has 2 aromatic carbocycles. The van der Waals surface area contributed by atoms with Crippen molar-refractivity contribution in [3.63, 3.8) is 0 Å². The van der Waals surface area contributed by atoms with E-state index in [1.807, 2.05) is 0 Å². The SMILES string of the molecule is COc1ccc2cc(C3CCN4CCCC3C4)ccc2c1. The lowest BCUT2D eigenvalue weighted by Crippen LogP contribution is -2.43. The summed E-state index contributed by atoms with van der Waals surface area (Å²) in [4.78, 5) is 2.65. The van der Waals surface area contributed by atoms with Gasteiger partial charge in [-0.15, -0.1) is 0 Å². The van der Waals surface area contributed by atoms with Gasteiger partial charge in [0.2, 0.25) is 0 Å². The molecule has 21 heavy (non-hydrogen) atoms. The quantitative estimate of drug-likeness (QED) is 0.823. The van der Waals surface area contributed by atoms with Crippen molar-refractivity contribution in [3.8, 4) is 5.75 Å². The molecule has 3 unspecified atom stereocenters. The molecule has 0 spiro atoms. The van der Waals surface area contributed by atoms with E-state index in [0.29, 0.717) is 0 Å². The van der Waals surface area contributed by atoms with Crippen molar-refractivity contribution >= 4 is 10.8 Å². The molecule has 0 saturated carbocycles. The zero-order chi connectivity index (χ0) is 14.2. The molecule has 0 amide bonds. The van der Waals surface area contributed by atoms with Gasteiger partial charge < -0.3 is 9.64 Å². The lowest BCUT2D eigenvalue weighted by Gasteiger charge is -2.43. The normalized spacial score (nSPS) is 28.5. The van der Waals surface area contributed by atoms with E-state index in [1.165, 1.54) is 49.7 Å². The van der Waals surface area contributed by atoms with Crippen LogP contribution in [0.15, 0.2) is 36.4 Å². The van der Waals surface area contributed by atoms with Gasteiger partial charge in [-0.25, -0.2) is 0 Å². The minimum atomic E-state index is 0.757. The number of fused-ring (bicyclic) bond motifs is 3. The van der Waals surface area contributed by atoms with Crippen LogP contribution in [0, 0.1) is 5.92 Å². The number of benzene rings is 2. The van der Waals surface area contributed by atoms with Crippen LogP contribution in [-0.4, -0.2) is 31.6 Å². The van der Waals surface area contributed by atoms with Gasteiger partial charge in [0.25, 0.3) is 0 Å². The van der Waals surface area contributed by atoms with Crippen LogP contribution in [0.5, 0.6) is 5.75 Å². The molecular weight excluding hydrogens is 258 g/mol. The van der Waals surface area contributed by atoms with Crippen molar-refractivity contribution in [2.75, 3.05) is 26.7 Å². The van der Waals surface area contributed by atoms with Gasteiger partial charge in [0, 0.05) is 6.54 Å². The van der Waals surface area contributed by atoms with E-state index >= 15 is 0 Å². The molecule has 0 N–H and O–H groups in total. The fraction of sp³-hybridized carbons (Fsp3) is 0.474. The maximum atomic E-state index is 5.32. The smallest absolute Gasteiger partial charge is 0.119 e. The average molecular weight is 281 g/mol. The van der Waals surface area contributed by atoms with Crippen LogP contribution in [0.2, 0.25) is 0 Å². The second kappa shape index (κ2) is 5.34. The summed E-state index contributed by atoms with van der Waals surface area (Å²) in [5.41, 5.74) is 1.54. The second-order valence-electron chi connectivity index (χ2n) is 6.57. The predicted octanol–water partition coefficient (Wildman–Crippen LogP) is 4.05. The number of hydrogen-bond donors (Lipinski definition) is 0. The second-order valence-corrected chi connectivity index (χ2v) is 6.57. The highest BCUT2D eigenvalue weighted by molar-refractivity contribution is 5.84. The molecule has 0 aromatic heterocycles. The largest absolute Gasteiger partial charge is 0.497 e. The summed E-state index contributed by atoms with van der Waals surface area (Å²) in [5, 5.41) is 2.62. The van der Waals surface area contributed by atoms with Crippen molar-refractivity contribution in [1.82, 2.24) is 4.90 Å². The Morgan fingerprint density at radius 3 is 2.76 bits per heavy atom.